The van der Waals surface area contributed by atoms with Gasteiger partial charge in [-0.15, -0.1) is 0 Å². The van der Waals surface area contributed by atoms with Gasteiger partial charge < -0.3 is 19.4 Å². The summed E-state index contributed by atoms with van der Waals surface area (Å²) >= 11 is 0. The van der Waals surface area contributed by atoms with Gasteiger partial charge in [-0.3, -0.25) is 4.57 Å². The summed E-state index contributed by atoms with van der Waals surface area (Å²) in [5.41, 5.74) is -1.74. The molecule has 2 aliphatic rings. The first kappa shape index (κ1) is 30.6. The van der Waals surface area contributed by atoms with Crippen LogP contribution in [-0.2, 0) is 20.8 Å². The fraction of sp³-hybridized carbons (Fsp3) is 0.500. The number of ether oxygens (including phenoxy) is 1. The van der Waals surface area contributed by atoms with E-state index in [1.165, 1.54) is 17.0 Å². The molecule has 0 aromatic heterocycles. The molecule has 4 rings (SSSR count). The second-order valence-corrected chi connectivity index (χ2v) is 14.2. The van der Waals surface area contributed by atoms with E-state index in [1.54, 1.807) is 0 Å². The fourth-order valence-electron chi connectivity index (χ4n) is 4.52. The van der Waals surface area contributed by atoms with Crippen molar-refractivity contribution in [2.75, 3.05) is 25.1 Å². The number of nitrogens with zero attached hydrogens (tertiary/aromatic N) is 2. The summed E-state index contributed by atoms with van der Waals surface area (Å²) in [7, 11) is -8.21. The summed E-state index contributed by atoms with van der Waals surface area (Å²) in [6, 6.07) is 4.53. The molecule has 0 bridgehead atoms. The van der Waals surface area contributed by atoms with Crippen molar-refractivity contribution in [3.8, 4) is 5.75 Å². The van der Waals surface area contributed by atoms with Gasteiger partial charge in [0.05, 0.1) is 11.3 Å². The van der Waals surface area contributed by atoms with Crippen LogP contribution in [0.2, 0.25) is 0 Å². The molecule has 1 atom stereocenters. The first-order valence-corrected chi connectivity index (χ1v) is 15.1. The smallest absolute Gasteiger partial charge is 0.420 e. The van der Waals surface area contributed by atoms with Gasteiger partial charge in [0.1, 0.15) is 28.2 Å². The van der Waals surface area contributed by atoms with E-state index >= 15 is 0 Å². The lowest BCUT2D eigenvalue weighted by atomic mass is 10.1. The number of rotatable bonds is 8. The number of hydrogen-bond acceptors (Lipinski definition) is 5. The van der Waals surface area contributed by atoms with Gasteiger partial charge in [-0.05, 0) is 56.5 Å². The van der Waals surface area contributed by atoms with Crippen molar-refractivity contribution in [2.24, 2.45) is 0 Å². The van der Waals surface area contributed by atoms with Gasteiger partial charge in [0.25, 0.3) is 0 Å². The molecule has 1 unspecified atom stereocenters. The van der Waals surface area contributed by atoms with Crippen LogP contribution < -0.4 is 9.64 Å². The van der Waals surface area contributed by atoms with E-state index in [2.05, 4.69) is 0 Å². The number of halogens is 6. The lowest BCUT2D eigenvalue weighted by molar-refractivity contribution is -0.139. The molecule has 16 heteroatoms. The van der Waals surface area contributed by atoms with Gasteiger partial charge in [0, 0.05) is 37.8 Å². The highest BCUT2D eigenvalue weighted by Crippen LogP contribution is 2.65. The molecule has 2 aromatic rings. The molecule has 222 valence electrons. The van der Waals surface area contributed by atoms with E-state index in [9.17, 15) is 49.1 Å². The maximum absolute atomic E-state index is 14.2. The Balaban J connectivity index is 1.89. The Hall–Kier alpha value is -2.32. The van der Waals surface area contributed by atoms with Crippen LogP contribution in [0.5, 0.6) is 5.75 Å². The van der Waals surface area contributed by atoms with Crippen LogP contribution in [0.1, 0.15) is 38.2 Å². The number of anilines is 2. The van der Waals surface area contributed by atoms with E-state index in [-0.39, 0.29) is 31.5 Å². The van der Waals surface area contributed by atoms with E-state index < -0.39 is 81.7 Å². The van der Waals surface area contributed by atoms with Crippen molar-refractivity contribution in [2.45, 2.75) is 60.8 Å². The Morgan fingerprint density at radius 3 is 2.20 bits per heavy atom. The summed E-state index contributed by atoms with van der Waals surface area (Å²) in [6.45, 7) is -0.456. The summed E-state index contributed by atoms with van der Waals surface area (Å²) < 4.78 is 129. The first-order valence-electron chi connectivity index (χ1n) is 12.1. The minimum absolute atomic E-state index is 0.00664. The van der Waals surface area contributed by atoms with Gasteiger partial charge in [0.15, 0.2) is 0 Å². The largest absolute Gasteiger partial charge is 0.492 e. The maximum Gasteiger partial charge on any atom is 0.420 e. The van der Waals surface area contributed by atoms with Gasteiger partial charge in [-0.25, -0.2) is 21.6 Å². The minimum atomic E-state index is -5.08. The monoisotopic (exact) mass is 616 g/mol. The predicted molar refractivity (Wildman–Crippen MR) is 133 cm³/mol. The van der Waals surface area contributed by atoms with Crippen molar-refractivity contribution in [3.63, 3.8) is 0 Å². The van der Waals surface area contributed by atoms with Crippen molar-refractivity contribution in [1.82, 2.24) is 4.31 Å². The normalized spacial score (nSPS) is 21.1. The number of sulfonamides is 1. The zero-order chi connectivity index (χ0) is 29.9. The van der Waals surface area contributed by atoms with Crippen LogP contribution >= 0.6 is 7.60 Å². The molecule has 2 N–H and O–H groups in total. The van der Waals surface area contributed by atoms with Crippen LogP contribution in [-0.4, -0.2) is 59.8 Å². The predicted octanol–water partition coefficient (Wildman–Crippen LogP) is 5.51. The molecule has 40 heavy (non-hydrogen) atoms. The highest BCUT2D eigenvalue weighted by Gasteiger charge is 2.58. The Bertz CT molecular complexity index is 1420. The Kier molecular flexibility index (Phi) is 7.81. The lowest BCUT2D eigenvalue weighted by Crippen LogP contribution is -2.41. The second kappa shape index (κ2) is 10.2. The summed E-state index contributed by atoms with van der Waals surface area (Å²) in [5.74, 6) is -4.77. The zero-order valence-electron chi connectivity index (χ0n) is 21.3. The molecular formula is C24H27F6N2O6PS. The van der Waals surface area contributed by atoms with Crippen LogP contribution in [0, 0.1) is 5.82 Å². The third-order valence-electron chi connectivity index (χ3n) is 7.22. The molecule has 1 saturated carbocycles. The van der Waals surface area contributed by atoms with Crippen LogP contribution in [0.3, 0.4) is 0 Å². The Labute approximate surface area is 226 Å². The fourth-order valence-corrected chi connectivity index (χ4v) is 7.01. The average Bonchev–Trinajstić information content (AvgIpc) is 3.63. The number of hydrogen-bond donors (Lipinski definition) is 2. The highest BCUT2D eigenvalue weighted by atomic mass is 32.2. The molecule has 0 spiro atoms. The molecule has 0 amide bonds. The third kappa shape index (κ3) is 6.13. The quantitative estimate of drug-likeness (QED) is 0.298. The number of alkyl halides is 5. The van der Waals surface area contributed by atoms with E-state index in [0.29, 0.717) is 19.1 Å². The summed E-state index contributed by atoms with van der Waals surface area (Å²) in [6.07, 6.45) is -6.12. The molecule has 0 radical (unpaired) electrons. The molecular weight excluding hydrogens is 589 g/mol. The van der Waals surface area contributed by atoms with Crippen LogP contribution in [0.4, 0.5) is 37.7 Å². The molecule has 1 aliphatic carbocycles. The average molecular weight is 617 g/mol. The molecule has 1 heterocycles. The van der Waals surface area contributed by atoms with Gasteiger partial charge in [-0.2, -0.15) is 17.5 Å². The highest BCUT2D eigenvalue weighted by molar-refractivity contribution is 7.89. The molecule has 8 nitrogen and oxygen atoms in total. The summed E-state index contributed by atoms with van der Waals surface area (Å²) in [4.78, 5) is 19.7. The third-order valence-corrected chi connectivity index (χ3v) is 11.0. The van der Waals surface area contributed by atoms with Crippen LogP contribution in [0.15, 0.2) is 41.3 Å². The molecule has 2 aromatic carbocycles. The van der Waals surface area contributed by atoms with E-state index in [4.69, 9.17) is 4.74 Å². The molecule has 1 aliphatic heterocycles. The SMILES string of the molecule is CN1C(CCC(C)(F)F)CN(c2ccc(F)cc2)c2cc(C(F)(F)F)c(OCC3(P(=O)(O)O)CC3)cc2S1(=O)=O. The van der Waals surface area contributed by atoms with Gasteiger partial charge in [0.2, 0.25) is 15.9 Å². The Morgan fingerprint density at radius 2 is 1.70 bits per heavy atom. The number of fused-ring (bicyclic) bond motifs is 1. The van der Waals surface area contributed by atoms with Crippen LogP contribution in [0.25, 0.3) is 0 Å². The number of likely N-dealkylation sites (N-methyl/N-ethyl adjacent to an activating group) is 1. The lowest BCUT2D eigenvalue weighted by Gasteiger charge is -2.30. The van der Waals surface area contributed by atoms with Crippen molar-refractivity contribution >= 4 is 29.0 Å². The van der Waals surface area contributed by atoms with Gasteiger partial charge >= 0.3 is 13.8 Å². The standard InChI is InChI=1S/C24H27F6N2O6PS/c1-22(26,27)8-7-17-13-32(16-5-3-15(25)4-6-16)19-11-18(24(28,29)30)20(12-21(19)40(36,37)31(17)2)38-14-23(9-10-23)39(33,34)35/h3-6,11-12,17H,7-10,13-14H2,1-2H3,(H2,33,34,35). The maximum atomic E-state index is 14.2. The van der Waals surface area contributed by atoms with E-state index in [0.717, 1.165) is 23.5 Å². The van der Waals surface area contributed by atoms with Gasteiger partial charge in [-0.1, -0.05) is 0 Å². The topological polar surface area (TPSA) is 107 Å². The summed E-state index contributed by atoms with van der Waals surface area (Å²) in [5, 5.41) is -1.67. The Morgan fingerprint density at radius 1 is 1.10 bits per heavy atom. The minimum Gasteiger partial charge on any atom is -0.492 e. The van der Waals surface area contributed by atoms with Crippen molar-refractivity contribution in [1.29, 1.82) is 0 Å². The molecule has 0 saturated heterocycles. The first-order chi connectivity index (χ1) is 18.3. The van der Waals surface area contributed by atoms with E-state index in [1.807, 2.05) is 0 Å². The zero-order valence-corrected chi connectivity index (χ0v) is 23.0. The van der Waals surface area contributed by atoms with Crippen molar-refractivity contribution in [3.05, 3.63) is 47.8 Å². The van der Waals surface area contributed by atoms with Crippen molar-refractivity contribution < 1.29 is 53.8 Å². The molecule has 1 fully saturated rings. The second-order valence-electron chi connectivity index (χ2n) is 10.2. The number of benzene rings is 2.